The maximum Gasteiger partial charge on any atom is 0.341 e. The van der Waals surface area contributed by atoms with E-state index in [4.69, 9.17) is 4.74 Å². The fourth-order valence-corrected chi connectivity index (χ4v) is 2.46. The van der Waals surface area contributed by atoms with Gasteiger partial charge in [0.15, 0.2) is 5.65 Å². The second-order valence-electron chi connectivity index (χ2n) is 5.76. The number of halogens is 2. The summed E-state index contributed by atoms with van der Waals surface area (Å²) in [6, 6.07) is 6.52. The Labute approximate surface area is 149 Å². The Balaban J connectivity index is 2.15. The molecule has 1 aromatic carbocycles. The minimum atomic E-state index is -0.649. The molecule has 2 aromatic heterocycles. The van der Waals surface area contributed by atoms with Gasteiger partial charge in [-0.3, -0.25) is 0 Å². The SMILES string of the molecule is CCCOC(=O)c1cnc2nc(C)ccc2c1Nc1cc(F)ccc1F. The fraction of sp³-hybridized carbons (Fsp3) is 0.211. The van der Waals surface area contributed by atoms with Gasteiger partial charge in [-0.25, -0.2) is 23.5 Å². The number of rotatable bonds is 5. The van der Waals surface area contributed by atoms with E-state index in [2.05, 4.69) is 15.3 Å². The summed E-state index contributed by atoms with van der Waals surface area (Å²) in [5.74, 6) is -1.85. The number of hydrogen-bond donors (Lipinski definition) is 1. The minimum absolute atomic E-state index is 0.0948. The topological polar surface area (TPSA) is 64.1 Å². The average molecular weight is 357 g/mol. The standard InChI is InChI=1S/C19H17F2N3O2/c1-3-8-26-19(25)14-10-22-18-13(6-4-11(2)23-18)17(14)24-16-9-12(20)5-7-15(16)21/h4-7,9-10H,3,8H2,1-2H3,(H,22,23,24). The molecule has 0 aliphatic rings. The van der Waals surface area contributed by atoms with Gasteiger partial charge in [-0.15, -0.1) is 0 Å². The molecule has 1 N–H and O–H groups in total. The summed E-state index contributed by atoms with van der Waals surface area (Å²) in [5, 5.41) is 3.31. The molecule has 0 bridgehead atoms. The van der Waals surface area contributed by atoms with Gasteiger partial charge >= 0.3 is 5.97 Å². The van der Waals surface area contributed by atoms with Crippen LogP contribution >= 0.6 is 0 Å². The smallest absolute Gasteiger partial charge is 0.341 e. The highest BCUT2D eigenvalue weighted by atomic mass is 19.1. The first-order chi connectivity index (χ1) is 12.5. The van der Waals surface area contributed by atoms with E-state index in [9.17, 15) is 13.6 Å². The number of pyridine rings is 2. The predicted molar refractivity (Wildman–Crippen MR) is 94.5 cm³/mol. The third-order valence-electron chi connectivity index (χ3n) is 3.71. The van der Waals surface area contributed by atoms with Gasteiger partial charge < -0.3 is 10.1 Å². The second-order valence-corrected chi connectivity index (χ2v) is 5.76. The quantitative estimate of drug-likeness (QED) is 0.680. The van der Waals surface area contributed by atoms with Gasteiger partial charge in [-0.05, 0) is 37.6 Å². The first-order valence-corrected chi connectivity index (χ1v) is 8.15. The van der Waals surface area contributed by atoms with E-state index in [0.29, 0.717) is 17.5 Å². The maximum absolute atomic E-state index is 14.1. The van der Waals surface area contributed by atoms with Gasteiger partial charge in [0, 0.05) is 23.3 Å². The highest BCUT2D eigenvalue weighted by Gasteiger charge is 2.19. The van der Waals surface area contributed by atoms with E-state index in [1.807, 2.05) is 13.8 Å². The lowest BCUT2D eigenvalue weighted by atomic mass is 10.1. The summed E-state index contributed by atoms with van der Waals surface area (Å²) in [5.41, 5.74) is 1.43. The molecule has 0 saturated heterocycles. The van der Waals surface area contributed by atoms with Gasteiger partial charge in [0.1, 0.15) is 17.2 Å². The molecule has 5 nitrogen and oxygen atoms in total. The number of nitrogens with one attached hydrogen (secondary N) is 1. The van der Waals surface area contributed by atoms with E-state index < -0.39 is 17.6 Å². The Morgan fingerprint density at radius 3 is 2.81 bits per heavy atom. The molecule has 0 radical (unpaired) electrons. The molecule has 134 valence electrons. The summed E-state index contributed by atoms with van der Waals surface area (Å²) >= 11 is 0. The number of aromatic nitrogens is 2. The number of fused-ring (bicyclic) bond motifs is 1. The molecular formula is C19H17F2N3O2. The van der Waals surface area contributed by atoms with Gasteiger partial charge in [-0.2, -0.15) is 0 Å². The monoisotopic (exact) mass is 357 g/mol. The molecule has 0 atom stereocenters. The van der Waals surface area contributed by atoms with E-state index in [-0.39, 0.29) is 23.5 Å². The third kappa shape index (κ3) is 3.61. The molecule has 0 fully saturated rings. The lowest BCUT2D eigenvalue weighted by Crippen LogP contribution is -2.11. The van der Waals surface area contributed by atoms with Crippen molar-refractivity contribution in [3.05, 3.63) is 59.4 Å². The second kappa shape index (κ2) is 7.43. The molecular weight excluding hydrogens is 340 g/mol. The zero-order valence-corrected chi connectivity index (χ0v) is 14.3. The maximum atomic E-state index is 14.1. The summed E-state index contributed by atoms with van der Waals surface area (Å²) in [6.07, 6.45) is 1.99. The van der Waals surface area contributed by atoms with Crippen LogP contribution in [-0.2, 0) is 4.74 Å². The summed E-state index contributed by atoms with van der Waals surface area (Å²) in [7, 11) is 0. The van der Waals surface area contributed by atoms with E-state index >= 15 is 0 Å². The Bertz CT molecular complexity index is 976. The molecule has 0 aliphatic carbocycles. The van der Waals surface area contributed by atoms with Crippen LogP contribution in [0.15, 0.2) is 36.5 Å². The van der Waals surface area contributed by atoms with Crippen LogP contribution in [0.5, 0.6) is 0 Å². The minimum Gasteiger partial charge on any atom is -0.462 e. The summed E-state index contributed by atoms with van der Waals surface area (Å²) in [6.45, 7) is 3.93. The molecule has 0 spiro atoms. The lowest BCUT2D eigenvalue weighted by Gasteiger charge is -2.14. The molecule has 0 aliphatic heterocycles. The number of benzene rings is 1. The van der Waals surface area contributed by atoms with Crippen molar-refractivity contribution >= 4 is 28.4 Å². The summed E-state index contributed by atoms with van der Waals surface area (Å²) in [4.78, 5) is 20.9. The molecule has 0 saturated carbocycles. The van der Waals surface area contributed by atoms with Crippen LogP contribution in [-0.4, -0.2) is 22.5 Å². The number of carbonyl (C=O) groups excluding carboxylic acids is 1. The van der Waals surface area contributed by atoms with Gasteiger partial charge in [0.2, 0.25) is 0 Å². The van der Waals surface area contributed by atoms with Crippen LogP contribution in [0, 0.1) is 18.6 Å². The van der Waals surface area contributed by atoms with E-state index in [1.165, 1.54) is 6.20 Å². The van der Waals surface area contributed by atoms with Gasteiger partial charge in [0.05, 0.1) is 18.0 Å². The van der Waals surface area contributed by atoms with Crippen molar-refractivity contribution in [1.29, 1.82) is 0 Å². The van der Waals surface area contributed by atoms with E-state index in [0.717, 1.165) is 23.9 Å². The largest absolute Gasteiger partial charge is 0.462 e. The van der Waals surface area contributed by atoms with Crippen molar-refractivity contribution in [2.24, 2.45) is 0 Å². The first-order valence-electron chi connectivity index (χ1n) is 8.15. The van der Waals surface area contributed by atoms with Crippen molar-refractivity contribution in [1.82, 2.24) is 9.97 Å². The molecule has 2 heterocycles. The van der Waals surface area contributed by atoms with Crippen LogP contribution in [0.1, 0.15) is 29.4 Å². The normalized spacial score (nSPS) is 10.8. The molecule has 0 unspecified atom stereocenters. The zero-order chi connectivity index (χ0) is 18.7. The average Bonchev–Trinajstić information content (AvgIpc) is 2.62. The number of nitrogens with zero attached hydrogens (tertiary/aromatic N) is 2. The van der Waals surface area contributed by atoms with Crippen molar-refractivity contribution in [3.8, 4) is 0 Å². The molecule has 0 amide bonds. The van der Waals surface area contributed by atoms with Crippen molar-refractivity contribution in [3.63, 3.8) is 0 Å². The fourth-order valence-electron chi connectivity index (χ4n) is 2.46. The van der Waals surface area contributed by atoms with Gasteiger partial charge in [0.25, 0.3) is 0 Å². The van der Waals surface area contributed by atoms with Crippen molar-refractivity contribution in [2.45, 2.75) is 20.3 Å². The number of carbonyl (C=O) groups is 1. The first kappa shape index (κ1) is 17.7. The van der Waals surface area contributed by atoms with Crippen LogP contribution < -0.4 is 5.32 Å². The number of ether oxygens (including phenoxy) is 1. The molecule has 7 heteroatoms. The summed E-state index contributed by atoms with van der Waals surface area (Å²) < 4.78 is 32.8. The molecule has 3 aromatic rings. The number of hydrogen-bond acceptors (Lipinski definition) is 5. The number of anilines is 2. The zero-order valence-electron chi connectivity index (χ0n) is 14.3. The molecule has 3 rings (SSSR count). The van der Waals surface area contributed by atoms with E-state index in [1.54, 1.807) is 12.1 Å². The Morgan fingerprint density at radius 1 is 1.23 bits per heavy atom. The Morgan fingerprint density at radius 2 is 2.04 bits per heavy atom. The number of esters is 1. The Kier molecular flexibility index (Phi) is 5.06. The van der Waals surface area contributed by atoms with Crippen LogP contribution in [0.3, 0.4) is 0 Å². The number of aryl methyl sites for hydroxylation is 1. The van der Waals surface area contributed by atoms with Crippen molar-refractivity contribution in [2.75, 3.05) is 11.9 Å². The molecule has 26 heavy (non-hydrogen) atoms. The third-order valence-corrected chi connectivity index (χ3v) is 3.71. The Hall–Kier alpha value is -3.09. The van der Waals surface area contributed by atoms with Gasteiger partial charge in [-0.1, -0.05) is 6.92 Å². The highest BCUT2D eigenvalue weighted by Crippen LogP contribution is 2.30. The highest BCUT2D eigenvalue weighted by molar-refractivity contribution is 6.05. The van der Waals surface area contributed by atoms with Crippen molar-refractivity contribution < 1.29 is 18.3 Å². The predicted octanol–water partition coefficient (Wildman–Crippen LogP) is 4.53. The van der Waals surface area contributed by atoms with Crippen LogP contribution in [0.4, 0.5) is 20.2 Å². The van der Waals surface area contributed by atoms with Crippen LogP contribution in [0.2, 0.25) is 0 Å². The van der Waals surface area contributed by atoms with Crippen LogP contribution in [0.25, 0.3) is 11.0 Å². The lowest BCUT2D eigenvalue weighted by molar-refractivity contribution is 0.0506.